The van der Waals surface area contributed by atoms with Gasteiger partial charge in [0.25, 0.3) is 0 Å². The van der Waals surface area contributed by atoms with E-state index in [2.05, 4.69) is 0 Å². The van der Waals surface area contributed by atoms with Gasteiger partial charge in [0.15, 0.2) is 0 Å². The van der Waals surface area contributed by atoms with Crippen molar-refractivity contribution in [1.82, 2.24) is 4.90 Å². The highest BCUT2D eigenvalue weighted by molar-refractivity contribution is 5.92. The molecule has 1 atom stereocenters. The average Bonchev–Trinajstić information content (AvgIpc) is 2.86. The summed E-state index contributed by atoms with van der Waals surface area (Å²) in [7, 11) is 1.71. The molecule has 6 nitrogen and oxygen atoms in total. The van der Waals surface area contributed by atoms with Gasteiger partial charge in [-0.1, -0.05) is 12.1 Å². The predicted octanol–water partition coefficient (Wildman–Crippen LogP) is -0.138. The number of amides is 2. The van der Waals surface area contributed by atoms with E-state index in [-0.39, 0.29) is 12.5 Å². The normalized spacial score (nSPS) is 21.7. The van der Waals surface area contributed by atoms with Gasteiger partial charge < -0.3 is 21.1 Å². The van der Waals surface area contributed by atoms with Gasteiger partial charge in [-0.2, -0.15) is 0 Å². The van der Waals surface area contributed by atoms with Crippen LogP contribution in [0.15, 0.2) is 24.3 Å². The first kappa shape index (κ1) is 14.5. The lowest BCUT2D eigenvalue weighted by atomic mass is 9.98. The molecule has 1 aliphatic rings. The van der Waals surface area contributed by atoms with E-state index in [1.807, 2.05) is 0 Å². The van der Waals surface area contributed by atoms with Crippen molar-refractivity contribution in [2.45, 2.75) is 18.5 Å². The largest absolute Gasteiger partial charge is 0.379 e. The van der Waals surface area contributed by atoms with Crippen LogP contribution in [0.2, 0.25) is 0 Å². The summed E-state index contributed by atoms with van der Waals surface area (Å²) >= 11 is 0. The number of benzene rings is 1. The van der Waals surface area contributed by atoms with Gasteiger partial charge in [0.2, 0.25) is 11.8 Å². The Morgan fingerprint density at radius 3 is 2.50 bits per heavy atom. The Balaban J connectivity index is 2.02. The van der Waals surface area contributed by atoms with Gasteiger partial charge in [0.1, 0.15) is 5.54 Å². The molecule has 108 valence electrons. The van der Waals surface area contributed by atoms with Crippen molar-refractivity contribution in [1.29, 1.82) is 0 Å². The third kappa shape index (κ3) is 2.97. The van der Waals surface area contributed by atoms with Crippen LogP contribution in [0.5, 0.6) is 0 Å². The molecule has 0 radical (unpaired) electrons. The van der Waals surface area contributed by atoms with Gasteiger partial charge in [-0.05, 0) is 24.1 Å². The summed E-state index contributed by atoms with van der Waals surface area (Å²) in [5.41, 5.74) is 11.7. The first-order chi connectivity index (χ1) is 9.42. The molecule has 1 aromatic carbocycles. The van der Waals surface area contributed by atoms with Crippen molar-refractivity contribution >= 4 is 11.8 Å². The summed E-state index contributed by atoms with van der Waals surface area (Å²) < 4.78 is 5.20. The van der Waals surface area contributed by atoms with Crippen LogP contribution in [-0.4, -0.2) is 42.5 Å². The van der Waals surface area contributed by atoms with Crippen LogP contribution in [0.1, 0.15) is 22.3 Å². The van der Waals surface area contributed by atoms with Crippen molar-refractivity contribution in [2.24, 2.45) is 11.5 Å². The Kier molecular flexibility index (Phi) is 4.06. The molecule has 1 aliphatic heterocycles. The molecule has 1 saturated heterocycles. The quantitative estimate of drug-likeness (QED) is 0.800. The standard InChI is InChI=1S/C14H19N3O3/c1-17(13(19)14(16)6-7-20-9-14)8-10-2-4-11(5-3-10)12(15)18/h2-5H,6-9,16H2,1H3,(H2,15,18). The summed E-state index contributed by atoms with van der Waals surface area (Å²) in [6, 6.07) is 6.84. The Hall–Kier alpha value is -1.92. The summed E-state index contributed by atoms with van der Waals surface area (Å²) in [6.45, 7) is 1.21. The number of nitrogens with zero attached hydrogens (tertiary/aromatic N) is 1. The van der Waals surface area contributed by atoms with E-state index in [0.717, 1.165) is 5.56 Å². The molecule has 2 rings (SSSR count). The van der Waals surface area contributed by atoms with E-state index < -0.39 is 11.4 Å². The van der Waals surface area contributed by atoms with Gasteiger partial charge in [-0.25, -0.2) is 0 Å². The third-order valence-electron chi connectivity index (χ3n) is 3.48. The van der Waals surface area contributed by atoms with Crippen LogP contribution >= 0.6 is 0 Å². The minimum atomic E-state index is -0.915. The molecule has 0 aromatic heterocycles. The molecule has 0 aliphatic carbocycles. The predicted molar refractivity (Wildman–Crippen MR) is 73.8 cm³/mol. The van der Waals surface area contributed by atoms with E-state index in [4.69, 9.17) is 16.2 Å². The summed E-state index contributed by atoms with van der Waals surface area (Å²) in [5, 5.41) is 0. The topological polar surface area (TPSA) is 98.7 Å². The number of hydrogen-bond donors (Lipinski definition) is 2. The maximum Gasteiger partial charge on any atom is 0.248 e. The highest BCUT2D eigenvalue weighted by Gasteiger charge is 2.40. The number of carbonyl (C=O) groups is 2. The molecule has 4 N–H and O–H groups in total. The fourth-order valence-electron chi connectivity index (χ4n) is 2.25. The van der Waals surface area contributed by atoms with E-state index in [1.165, 1.54) is 0 Å². The van der Waals surface area contributed by atoms with E-state index in [9.17, 15) is 9.59 Å². The zero-order valence-corrected chi connectivity index (χ0v) is 11.5. The first-order valence-electron chi connectivity index (χ1n) is 6.43. The lowest BCUT2D eigenvalue weighted by Gasteiger charge is -2.27. The molecule has 0 saturated carbocycles. The Morgan fingerprint density at radius 1 is 1.35 bits per heavy atom. The van der Waals surface area contributed by atoms with Gasteiger partial charge in [-0.15, -0.1) is 0 Å². The molecule has 1 fully saturated rings. The summed E-state index contributed by atoms with van der Waals surface area (Å²) in [5.74, 6) is -0.598. The maximum absolute atomic E-state index is 12.3. The lowest BCUT2D eigenvalue weighted by Crippen LogP contribution is -2.54. The van der Waals surface area contributed by atoms with Gasteiger partial charge >= 0.3 is 0 Å². The number of carbonyl (C=O) groups excluding carboxylic acids is 2. The fourth-order valence-corrected chi connectivity index (χ4v) is 2.25. The van der Waals surface area contributed by atoms with Crippen LogP contribution < -0.4 is 11.5 Å². The number of hydrogen-bond acceptors (Lipinski definition) is 4. The zero-order chi connectivity index (χ0) is 14.8. The molecule has 2 amide bonds. The third-order valence-corrected chi connectivity index (χ3v) is 3.48. The van der Waals surface area contributed by atoms with Crippen molar-refractivity contribution in [2.75, 3.05) is 20.3 Å². The van der Waals surface area contributed by atoms with E-state index in [0.29, 0.717) is 25.1 Å². The zero-order valence-electron chi connectivity index (χ0n) is 11.5. The number of likely N-dealkylation sites (N-methyl/N-ethyl adjacent to an activating group) is 1. The Labute approximate surface area is 117 Å². The van der Waals surface area contributed by atoms with Crippen LogP contribution in [0.25, 0.3) is 0 Å². The average molecular weight is 277 g/mol. The molecule has 0 spiro atoms. The van der Waals surface area contributed by atoms with Crippen LogP contribution in [0.4, 0.5) is 0 Å². The fraction of sp³-hybridized carbons (Fsp3) is 0.429. The first-order valence-corrected chi connectivity index (χ1v) is 6.43. The summed E-state index contributed by atoms with van der Waals surface area (Å²) in [6.07, 6.45) is 0.538. The molecule has 0 bridgehead atoms. The van der Waals surface area contributed by atoms with Crippen LogP contribution in [-0.2, 0) is 16.1 Å². The Bertz CT molecular complexity index is 507. The maximum atomic E-state index is 12.3. The second-order valence-electron chi connectivity index (χ2n) is 5.18. The Morgan fingerprint density at radius 2 is 2.00 bits per heavy atom. The number of ether oxygens (including phenoxy) is 1. The minimum Gasteiger partial charge on any atom is -0.379 e. The van der Waals surface area contributed by atoms with Gasteiger partial charge in [-0.3, -0.25) is 9.59 Å². The van der Waals surface area contributed by atoms with E-state index in [1.54, 1.807) is 36.2 Å². The molecule has 1 heterocycles. The lowest BCUT2D eigenvalue weighted by molar-refractivity contribution is -0.136. The van der Waals surface area contributed by atoms with E-state index >= 15 is 0 Å². The smallest absolute Gasteiger partial charge is 0.248 e. The van der Waals surface area contributed by atoms with Gasteiger partial charge in [0, 0.05) is 25.8 Å². The van der Waals surface area contributed by atoms with Crippen LogP contribution in [0, 0.1) is 0 Å². The number of nitrogens with two attached hydrogens (primary N) is 2. The van der Waals surface area contributed by atoms with Crippen molar-refractivity contribution in [3.8, 4) is 0 Å². The molecule has 1 aromatic rings. The van der Waals surface area contributed by atoms with Crippen LogP contribution in [0.3, 0.4) is 0 Å². The van der Waals surface area contributed by atoms with Crippen molar-refractivity contribution < 1.29 is 14.3 Å². The van der Waals surface area contributed by atoms with Crippen molar-refractivity contribution in [3.63, 3.8) is 0 Å². The summed E-state index contributed by atoms with van der Waals surface area (Å²) in [4.78, 5) is 24.9. The molecule has 1 unspecified atom stereocenters. The highest BCUT2D eigenvalue weighted by atomic mass is 16.5. The van der Waals surface area contributed by atoms with Gasteiger partial charge in [0.05, 0.1) is 6.61 Å². The second-order valence-corrected chi connectivity index (χ2v) is 5.18. The SMILES string of the molecule is CN(Cc1ccc(C(N)=O)cc1)C(=O)C1(N)CCOC1. The molecular formula is C14H19N3O3. The molecule has 20 heavy (non-hydrogen) atoms. The molecule has 6 heteroatoms. The molecular weight excluding hydrogens is 258 g/mol. The highest BCUT2D eigenvalue weighted by Crippen LogP contribution is 2.19. The minimum absolute atomic E-state index is 0.131. The monoisotopic (exact) mass is 277 g/mol. The second kappa shape index (κ2) is 5.60. The number of rotatable bonds is 4. The van der Waals surface area contributed by atoms with Crippen molar-refractivity contribution in [3.05, 3.63) is 35.4 Å². The number of primary amides is 1.